The number of likely N-dealkylation sites (tertiary alicyclic amines) is 1. The first-order valence-electron chi connectivity index (χ1n) is 13.4. The van der Waals surface area contributed by atoms with Crippen LogP contribution in [0.5, 0.6) is 0 Å². The van der Waals surface area contributed by atoms with E-state index in [-0.39, 0.29) is 46.9 Å². The first kappa shape index (κ1) is 26.1. The maximum Gasteiger partial charge on any atom is 0.266 e. The van der Waals surface area contributed by atoms with Gasteiger partial charge in [0.15, 0.2) is 5.82 Å². The maximum absolute atomic E-state index is 15.3. The number of carbonyl (C=O) groups is 1. The monoisotopic (exact) mass is 552 g/mol. The van der Waals surface area contributed by atoms with Gasteiger partial charge in [0.1, 0.15) is 23.6 Å². The van der Waals surface area contributed by atoms with Crippen LogP contribution in [0.1, 0.15) is 61.3 Å². The summed E-state index contributed by atoms with van der Waals surface area (Å²) < 4.78 is 37.4. The molecule has 2 aliphatic heterocycles. The van der Waals surface area contributed by atoms with Crippen LogP contribution in [0.25, 0.3) is 11.0 Å². The highest BCUT2D eigenvalue weighted by molar-refractivity contribution is 5.95. The molecule has 0 radical (unpaired) electrons. The van der Waals surface area contributed by atoms with Gasteiger partial charge in [0.05, 0.1) is 17.2 Å². The highest BCUT2D eigenvalue weighted by atomic mass is 19.1. The molecule has 13 heteroatoms. The van der Waals surface area contributed by atoms with Crippen molar-refractivity contribution < 1.29 is 23.2 Å². The van der Waals surface area contributed by atoms with E-state index in [1.807, 2.05) is 18.4 Å². The summed E-state index contributed by atoms with van der Waals surface area (Å²) in [7, 11) is 0. The molecule has 0 aliphatic carbocycles. The summed E-state index contributed by atoms with van der Waals surface area (Å²) in [6.45, 7) is 5.98. The molecule has 6 rings (SSSR count). The molecule has 0 bridgehead atoms. The Morgan fingerprint density at radius 2 is 1.93 bits per heavy atom. The van der Waals surface area contributed by atoms with Gasteiger partial charge in [-0.3, -0.25) is 4.79 Å². The van der Waals surface area contributed by atoms with Crippen molar-refractivity contribution in [2.75, 3.05) is 36.4 Å². The number of β-amino-alcohol motifs (C(OH)–C–C–N with tert-alkyl or cyclic N) is 1. The average Bonchev–Trinajstić information content (AvgIpc) is 3.69. The number of aromatic nitrogens is 5. The summed E-state index contributed by atoms with van der Waals surface area (Å²) in [5.41, 5.74) is 0.643. The number of aliphatic hydroxyl groups excluding tert-OH is 1. The summed E-state index contributed by atoms with van der Waals surface area (Å²) in [6, 6.07) is 4.06. The van der Waals surface area contributed by atoms with E-state index in [0.29, 0.717) is 43.5 Å². The molecule has 2 saturated heterocycles. The quantitative estimate of drug-likeness (QED) is 0.365. The second kappa shape index (κ2) is 10.5. The van der Waals surface area contributed by atoms with E-state index in [2.05, 4.69) is 30.3 Å². The third-order valence-corrected chi connectivity index (χ3v) is 7.55. The van der Waals surface area contributed by atoms with E-state index in [1.54, 1.807) is 0 Å². The number of amides is 1. The Hall–Kier alpha value is -4.13. The number of anilines is 3. The number of carbonyl (C=O) groups excluding carboxylic acids is 1. The fraction of sp³-hybridized carbons (Fsp3) is 0.444. The average molecular weight is 553 g/mol. The predicted octanol–water partition coefficient (Wildman–Crippen LogP) is 4.01. The molecular weight excluding hydrogens is 522 g/mol. The van der Waals surface area contributed by atoms with Crippen LogP contribution in [-0.4, -0.2) is 72.9 Å². The maximum atomic E-state index is 15.3. The fourth-order valence-electron chi connectivity index (χ4n) is 5.33. The molecule has 2 N–H and O–H groups in total. The zero-order chi connectivity index (χ0) is 28.0. The third kappa shape index (κ3) is 4.85. The largest absolute Gasteiger partial charge is 0.391 e. The number of hydrogen-bond donors (Lipinski definition) is 2. The van der Waals surface area contributed by atoms with E-state index >= 15 is 8.78 Å². The number of rotatable bonds is 6. The van der Waals surface area contributed by atoms with Gasteiger partial charge >= 0.3 is 0 Å². The van der Waals surface area contributed by atoms with Crippen molar-refractivity contribution in [3.8, 4) is 0 Å². The van der Waals surface area contributed by atoms with Crippen LogP contribution >= 0.6 is 0 Å². The number of nitrogens with one attached hydrogen (secondary N) is 1. The SMILES string of the molecule is CC(C)c1nc(N2CCC(n3cc(F)c4c(Nc5ccc(C(=O)N6CC[C@@H](O)C6)cc5F)ncnc43)CC2)no1. The molecule has 2 fully saturated rings. The molecule has 2 aliphatic rings. The molecule has 1 atom stereocenters. The van der Waals surface area contributed by atoms with Gasteiger partial charge in [0, 0.05) is 49.9 Å². The zero-order valence-corrected chi connectivity index (χ0v) is 22.2. The predicted molar refractivity (Wildman–Crippen MR) is 143 cm³/mol. The summed E-state index contributed by atoms with van der Waals surface area (Å²) >= 11 is 0. The molecule has 1 amide bonds. The van der Waals surface area contributed by atoms with Gasteiger partial charge in [-0.1, -0.05) is 13.8 Å². The fourth-order valence-corrected chi connectivity index (χ4v) is 5.33. The zero-order valence-electron chi connectivity index (χ0n) is 22.2. The lowest BCUT2D eigenvalue weighted by atomic mass is 10.1. The Balaban J connectivity index is 1.19. The van der Waals surface area contributed by atoms with Gasteiger partial charge in [0.25, 0.3) is 11.9 Å². The van der Waals surface area contributed by atoms with Gasteiger partial charge in [-0.05, 0) is 42.6 Å². The second-order valence-electron chi connectivity index (χ2n) is 10.6. The smallest absolute Gasteiger partial charge is 0.266 e. The Bertz CT molecular complexity index is 1550. The molecular formula is C27H30F2N8O3. The molecule has 3 aromatic heterocycles. The van der Waals surface area contributed by atoms with Crippen LogP contribution in [0.15, 0.2) is 35.2 Å². The molecule has 0 spiro atoms. The minimum Gasteiger partial charge on any atom is -0.391 e. The van der Waals surface area contributed by atoms with E-state index < -0.39 is 17.7 Å². The number of fused-ring (bicyclic) bond motifs is 1. The normalized spacial score (nSPS) is 18.3. The number of halogens is 2. The van der Waals surface area contributed by atoms with Crippen LogP contribution in [-0.2, 0) is 0 Å². The number of piperidine rings is 1. The number of nitrogens with zero attached hydrogens (tertiary/aromatic N) is 7. The molecule has 0 unspecified atom stereocenters. The lowest BCUT2D eigenvalue weighted by molar-refractivity contribution is 0.0764. The first-order chi connectivity index (χ1) is 19.3. The van der Waals surface area contributed by atoms with Crippen LogP contribution < -0.4 is 10.2 Å². The Morgan fingerprint density at radius 1 is 1.12 bits per heavy atom. The van der Waals surface area contributed by atoms with Crippen molar-refractivity contribution >= 4 is 34.4 Å². The van der Waals surface area contributed by atoms with E-state index in [9.17, 15) is 9.90 Å². The number of benzene rings is 1. The molecule has 40 heavy (non-hydrogen) atoms. The lowest BCUT2D eigenvalue weighted by Gasteiger charge is -2.31. The van der Waals surface area contributed by atoms with Gasteiger partial charge in [0.2, 0.25) is 5.89 Å². The molecule has 1 aromatic carbocycles. The van der Waals surface area contributed by atoms with Crippen LogP contribution in [0.4, 0.5) is 26.2 Å². The Morgan fingerprint density at radius 3 is 2.60 bits per heavy atom. The van der Waals surface area contributed by atoms with E-state index in [4.69, 9.17) is 4.52 Å². The molecule has 5 heterocycles. The summed E-state index contributed by atoms with van der Waals surface area (Å²) in [5, 5.41) is 16.8. The van der Waals surface area contributed by atoms with Crippen LogP contribution in [0, 0.1) is 11.6 Å². The van der Waals surface area contributed by atoms with Crippen molar-refractivity contribution in [3.05, 3.63) is 53.8 Å². The highest BCUT2D eigenvalue weighted by Gasteiger charge is 2.28. The topological polar surface area (TPSA) is 125 Å². The minimum absolute atomic E-state index is 0.00592. The van der Waals surface area contributed by atoms with Gasteiger partial charge in [-0.25, -0.2) is 18.7 Å². The Kier molecular flexibility index (Phi) is 6.82. The van der Waals surface area contributed by atoms with Crippen LogP contribution in [0.2, 0.25) is 0 Å². The molecule has 4 aromatic rings. The van der Waals surface area contributed by atoms with Gasteiger partial charge in [-0.2, -0.15) is 4.98 Å². The third-order valence-electron chi connectivity index (χ3n) is 7.55. The van der Waals surface area contributed by atoms with Gasteiger partial charge in [-0.15, -0.1) is 0 Å². The first-order valence-corrected chi connectivity index (χ1v) is 13.4. The summed E-state index contributed by atoms with van der Waals surface area (Å²) in [5.74, 6) is -0.0996. The van der Waals surface area contributed by atoms with E-state index in [0.717, 1.165) is 18.9 Å². The number of hydrogen-bond acceptors (Lipinski definition) is 9. The minimum atomic E-state index is -0.674. The molecule has 0 saturated carbocycles. The Labute approximate surface area is 228 Å². The van der Waals surface area contributed by atoms with Crippen molar-refractivity contribution in [1.29, 1.82) is 0 Å². The van der Waals surface area contributed by atoms with E-state index in [1.165, 1.54) is 29.6 Å². The lowest BCUT2D eigenvalue weighted by Crippen LogP contribution is -2.35. The van der Waals surface area contributed by atoms with Crippen molar-refractivity contribution in [2.24, 2.45) is 0 Å². The highest BCUT2D eigenvalue weighted by Crippen LogP contribution is 2.34. The molecule has 11 nitrogen and oxygen atoms in total. The standard InChI is InChI=1S/C27H30F2N8O3/c1-15(2)25-33-27(34-40-25)35-8-5-17(6-9-35)37-13-20(29)22-23(30-14-31-24(22)37)32-21-4-3-16(11-19(21)28)26(39)36-10-7-18(38)12-36/h3-4,11,13-15,17-18,38H,5-10,12H2,1-2H3,(H,30,31,32)/t18-/m1/s1. The van der Waals surface area contributed by atoms with Crippen molar-refractivity contribution in [3.63, 3.8) is 0 Å². The van der Waals surface area contributed by atoms with Crippen molar-refractivity contribution in [2.45, 2.75) is 51.2 Å². The summed E-state index contributed by atoms with van der Waals surface area (Å²) in [4.78, 5) is 29.2. The summed E-state index contributed by atoms with van der Waals surface area (Å²) in [6.07, 6.45) is 4.11. The number of aliphatic hydroxyl groups is 1. The van der Waals surface area contributed by atoms with Crippen LogP contribution in [0.3, 0.4) is 0 Å². The second-order valence-corrected chi connectivity index (χ2v) is 10.6. The van der Waals surface area contributed by atoms with Crippen molar-refractivity contribution in [1.82, 2.24) is 29.6 Å². The van der Waals surface area contributed by atoms with Gasteiger partial charge < -0.3 is 29.3 Å². The molecule has 210 valence electrons.